The van der Waals surface area contributed by atoms with Crippen molar-refractivity contribution in [3.63, 3.8) is 0 Å². The molecule has 0 amide bonds. The van der Waals surface area contributed by atoms with E-state index in [4.69, 9.17) is 0 Å². The molecule has 1 fully saturated rings. The van der Waals surface area contributed by atoms with Crippen LogP contribution in [0.2, 0.25) is 0 Å². The second-order valence-electron chi connectivity index (χ2n) is 6.48. The van der Waals surface area contributed by atoms with Gasteiger partial charge >= 0.3 is 15.5 Å². The van der Waals surface area contributed by atoms with Gasteiger partial charge in [-0.05, 0) is 38.0 Å². The van der Waals surface area contributed by atoms with E-state index >= 15 is 0 Å². The van der Waals surface area contributed by atoms with E-state index in [2.05, 4.69) is 13.8 Å². The smallest absolute Gasteiger partial charge is 0.203 e. The van der Waals surface area contributed by atoms with Gasteiger partial charge in [0.2, 0.25) is 0 Å². The lowest BCUT2D eigenvalue weighted by molar-refractivity contribution is -0.0458. The normalized spacial score (nSPS) is 24.5. The predicted molar refractivity (Wildman–Crippen MR) is 68.0 cm³/mol. The summed E-state index contributed by atoms with van der Waals surface area (Å²) in [4.78, 5) is 0. The number of hydrogen-bond acceptors (Lipinski definition) is 2. The first-order valence-electron chi connectivity index (χ1n) is 6.47. The second-order valence-corrected chi connectivity index (χ2v) is 8.16. The summed E-state index contributed by atoms with van der Waals surface area (Å²) in [6.45, 7) is 5.83. The maximum absolute atomic E-state index is 12.4. The minimum atomic E-state index is -5.26. The van der Waals surface area contributed by atoms with Crippen molar-refractivity contribution < 1.29 is 21.6 Å². The van der Waals surface area contributed by atoms with E-state index in [1.807, 2.05) is 4.72 Å². The Labute approximate surface area is 113 Å². The Hall–Kier alpha value is -0.300. The molecule has 0 radical (unpaired) electrons. The van der Waals surface area contributed by atoms with Gasteiger partial charge in [0, 0.05) is 5.54 Å². The molecule has 7 heteroatoms. The summed E-state index contributed by atoms with van der Waals surface area (Å²) in [5.74, 6) is 0. The molecule has 0 heterocycles. The highest BCUT2D eigenvalue weighted by molar-refractivity contribution is 7.90. The molecule has 1 rings (SSSR count). The van der Waals surface area contributed by atoms with Crippen LogP contribution < -0.4 is 4.72 Å². The van der Waals surface area contributed by atoms with Crippen LogP contribution in [0.1, 0.15) is 59.3 Å². The van der Waals surface area contributed by atoms with Crippen LogP contribution >= 0.6 is 0 Å². The lowest BCUT2D eigenvalue weighted by atomic mass is 9.75. The van der Waals surface area contributed by atoms with Crippen molar-refractivity contribution in [1.29, 1.82) is 0 Å². The summed E-state index contributed by atoms with van der Waals surface area (Å²) in [6, 6.07) is 0. The third-order valence-electron chi connectivity index (χ3n) is 3.85. The number of hydrogen-bond donors (Lipinski definition) is 1. The molecule has 1 aliphatic carbocycles. The second kappa shape index (κ2) is 5.24. The van der Waals surface area contributed by atoms with Crippen molar-refractivity contribution in [2.75, 3.05) is 0 Å². The molecule has 0 unspecified atom stereocenters. The van der Waals surface area contributed by atoms with E-state index in [-0.39, 0.29) is 5.41 Å². The molecule has 3 nitrogen and oxygen atoms in total. The lowest BCUT2D eigenvalue weighted by Gasteiger charge is -2.36. The zero-order valence-electron chi connectivity index (χ0n) is 11.6. The largest absolute Gasteiger partial charge is 0.511 e. The molecule has 0 aromatic rings. The van der Waals surface area contributed by atoms with Crippen LogP contribution in [-0.4, -0.2) is 19.5 Å². The minimum absolute atomic E-state index is 0.185. The van der Waals surface area contributed by atoms with Crippen molar-refractivity contribution in [3.05, 3.63) is 0 Å². The third kappa shape index (κ3) is 4.63. The maximum Gasteiger partial charge on any atom is 0.511 e. The molecule has 1 aliphatic rings. The van der Waals surface area contributed by atoms with Gasteiger partial charge in [-0.15, -0.1) is 0 Å². The zero-order valence-corrected chi connectivity index (χ0v) is 12.4. The SMILES string of the molecule is CC1(C)CCCC(C)(NS(=O)(=O)C(F)(F)F)CCC1. The van der Waals surface area contributed by atoms with Crippen LogP contribution in [0.15, 0.2) is 0 Å². The van der Waals surface area contributed by atoms with Crippen LogP contribution in [-0.2, 0) is 10.0 Å². The molecule has 0 spiro atoms. The van der Waals surface area contributed by atoms with Gasteiger partial charge in [-0.2, -0.15) is 13.2 Å². The minimum Gasteiger partial charge on any atom is -0.203 e. The molecule has 0 aromatic heterocycles. The number of rotatable bonds is 2. The van der Waals surface area contributed by atoms with Crippen LogP contribution in [0.5, 0.6) is 0 Å². The van der Waals surface area contributed by atoms with E-state index in [1.165, 1.54) is 0 Å². The summed E-state index contributed by atoms with van der Waals surface area (Å²) >= 11 is 0. The Morgan fingerprint density at radius 3 is 1.74 bits per heavy atom. The predicted octanol–water partition coefficient (Wildman–Crippen LogP) is 3.56. The Kier molecular flexibility index (Phi) is 4.62. The van der Waals surface area contributed by atoms with Crippen molar-refractivity contribution in [3.8, 4) is 0 Å². The Bertz CT molecular complexity index is 403. The molecule has 0 aliphatic heterocycles. The van der Waals surface area contributed by atoms with Gasteiger partial charge in [-0.3, -0.25) is 0 Å². The summed E-state index contributed by atoms with van der Waals surface area (Å²) < 4.78 is 61.5. The Morgan fingerprint density at radius 2 is 1.37 bits per heavy atom. The van der Waals surface area contributed by atoms with E-state index in [1.54, 1.807) is 6.92 Å². The van der Waals surface area contributed by atoms with Crippen LogP contribution in [0.25, 0.3) is 0 Å². The number of halogens is 3. The van der Waals surface area contributed by atoms with Gasteiger partial charge in [0.25, 0.3) is 0 Å². The van der Waals surface area contributed by atoms with E-state index < -0.39 is 21.1 Å². The molecule has 19 heavy (non-hydrogen) atoms. The molecule has 1 N–H and O–H groups in total. The fourth-order valence-electron chi connectivity index (χ4n) is 2.65. The molecule has 0 saturated heterocycles. The third-order valence-corrected chi connectivity index (χ3v) is 5.22. The lowest BCUT2D eigenvalue weighted by Crippen LogP contribution is -2.51. The quantitative estimate of drug-likeness (QED) is 0.847. The van der Waals surface area contributed by atoms with Crippen molar-refractivity contribution in [1.82, 2.24) is 4.72 Å². The molecule has 0 bridgehead atoms. The highest BCUT2D eigenvalue weighted by atomic mass is 32.2. The van der Waals surface area contributed by atoms with Gasteiger partial charge in [0.1, 0.15) is 0 Å². The van der Waals surface area contributed by atoms with Gasteiger partial charge in [-0.25, -0.2) is 13.1 Å². The highest BCUT2D eigenvalue weighted by Crippen LogP contribution is 2.37. The van der Waals surface area contributed by atoms with E-state index in [9.17, 15) is 21.6 Å². The summed E-state index contributed by atoms with van der Waals surface area (Å²) in [5.41, 5.74) is -6.05. The molecule has 114 valence electrons. The topological polar surface area (TPSA) is 46.2 Å². The Balaban J connectivity index is 2.77. The maximum atomic E-state index is 12.4. The van der Waals surface area contributed by atoms with E-state index in [0.29, 0.717) is 12.8 Å². The molecule has 1 saturated carbocycles. The fourth-order valence-corrected chi connectivity index (χ4v) is 3.62. The van der Waals surface area contributed by atoms with Gasteiger partial charge in [0.05, 0.1) is 0 Å². The van der Waals surface area contributed by atoms with Gasteiger partial charge < -0.3 is 0 Å². The van der Waals surface area contributed by atoms with Crippen LogP contribution in [0.3, 0.4) is 0 Å². The molecule has 0 aromatic carbocycles. The zero-order chi connectivity index (χ0) is 14.9. The van der Waals surface area contributed by atoms with Crippen LogP contribution in [0, 0.1) is 5.41 Å². The average Bonchev–Trinajstić information content (AvgIpc) is 2.11. The number of sulfonamides is 1. The van der Waals surface area contributed by atoms with Crippen molar-refractivity contribution >= 4 is 10.0 Å². The number of nitrogens with one attached hydrogen (secondary N) is 1. The summed E-state index contributed by atoms with van der Waals surface area (Å²) in [7, 11) is -5.26. The van der Waals surface area contributed by atoms with Crippen molar-refractivity contribution in [2.24, 2.45) is 5.41 Å². The first kappa shape index (κ1) is 16.8. The fraction of sp³-hybridized carbons (Fsp3) is 1.00. The average molecular weight is 301 g/mol. The first-order valence-corrected chi connectivity index (χ1v) is 7.96. The van der Waals surface area contributed by atoms with Gasteiger partial charge in [-0.1, -0.05) is 26.7 Å². The van der Waals surface area contributed by atoms with Crippen LogP contribution in [0.4, 0.5) is 13.2 Å². The first-order chi connectivity index (χ1) is 8.37. The highest BCUT2D eigenvalue weighted by Gasteiger charge is 2.49. The number of alkyl halides is 3. The standard InChI is InChI=1S/C12H22F3NO2S/c1-10(2)6-4-8-11(3,9-5-7-10)16-19(17,18)12(13,14)15/h16H,4-9H2,1-3H3. The molecular weight excluding hydrogens is 279 g/mol. The van der Waals surface area contributed by atoms with Crippen molar-refractivity contribution in [2.45, 2.75) is 70.3 Å². The monoisotopic (exact) mass is 301 g/mol. The van der Waals surface area contributed by atoms with Gasteiger partial charge in [0.15, 0.2) is 0 Å². The molecule has 0 atom stereocenters. The summed E-state index contributed by atoms with van der Waals surface area (Å²) in [6.07, 6.45) is 4.12. The van der Waals surface area contributed by atoms with E-state index in [0.717, 1.165) is 25.7 Å². The summed E-state index contributed by atoms with van der Waals surface area (Å²) in [5, 5.41) is 0. The Morgan fingerprint density at radius 1 is 0.947 bits per heavy atom. The molecular formula is C12H22F3NO2S.